The first-order valence-electron chi connectivity index (χ1n) is 6.93. The molecule has 4 rings (SSSR count). The molecule has 1 saturated heterocycles. The van der Waals surface area contributed by atoms with E-state index in [1.54, 1.807) is 6.08 Å². The predicted molar refractivity (Wildman–Crippen MR) is 80.5 cm³/mol. The van der Waals surface area contributed by atoms with Crippen molar-refractivity contribution in [3.8, 4) is 0 Å². The minimum absolute atomic E-state index is 0.0582. The van der Waals surface area contributed by atoms with E-state index in [4.69, 9.17) is 5.11 Å². The molecule has 0 bridgehead atoms. The van der Waals surface area contributed by atoms with Gasteiger partial charge in [0.15, 0.2) is 0 Å². The molecule has 1 aromatic heterocycles. The zero-order valence-electron chi connectivity index (χ0n) is 11.9. The van der Waals surface area contributed by atoms with Crippen LogP contribution in [0.3, 0.4) is 0 Å². The Hall–Kier alpha value is -2.06. The van der Waals surface area contributed by atoms with Crippen LogP contribution in [0.15, 0.2) is 22.9 Å². The molecule has 7 nitrogen and oxygen atoms in total. The number of nitrogens with zero attached hydrogens (tertiary/aromatic N) is 4. The lowest BCUT2D eigenvalue weighted by Crippen LogP contribution is -2.51. The molecule has 3 aliphatic rings. The number of amides is 1. The second-order valence-electron chi connectivity index (χ2n) is 5.58. The summed E-state index contributed by atoms with van der Waals surface area (Å²) in [7, 11) is 2.05. The van der Waals surface area contributed by atoms with Crippen LogP contribution in [-0.2, 0) is 22.7 Å². The van der Waals surface area contributed by atoms with Gasteiger partial charge in [-0.2, -0.15) is 0 Å². The number of carboxylic acids is 1. The molecule has 1 N–H and O–H groups in total. The van der Waals surface area contributed by atoms with Crippen molar-refractivity contribution in [3.63, 3.8) is 0 Å². The number of likely N-dealkylation sites (N-methyl/N-ethyl adjacent to an activating group) is 1. The van der Waals surface area contributed by atoms with Gasteiger partial charge < -0.3 is 9.67 Å². The highest BCUT2D eigenvalue weighted by Crippen LogP contribution is 2.45. The quantitative estimate of drug-likeness (QED) is 0.634. The monoisotopic (exact) mass is 318 g/mol. The third-order valence-corrected chi connectivity index (χ3v) is 5.15. The molecule has 0 aromatic carbocycles. The minimum Gasteiger partial charge on any atom is -0.477 e. The lowest BCUT2D eigenvalue weighted by molar-refractivity contribution is -0.141. The van der Waals surface area contributed by atoms with Crippen LogP contribution in [0, 0.1) is 0 Å². The molecular weight excluding hydrogens is 304 g/mol. The van der Waals surface area contributed by atoms with E-state index in [0.717, 1.165) is 31.2 Å². The van der Waals surface area contributed by atoms with Gasteiger partial charge in [-0.3, -0.25) is 14.6 Å². The van der Waals surface area contributed by atoms with E-state index >= 15 is 0 Å². The summed E-state index contributed by atoms with van der Waals surface area (Å²) in [6.45, 7) is 2.67. The van der Waals surface area contributed by atoms with Crippen LogP contribution in [0.25, 0.3) is 6.08 Å². The van der Waals surface area contributed by atoms with E-state index < -0.39 is 5.97 Å². The van der Waals surface area contributed by atoms with E-state index in [9.17, 15) is 9.59 Å². The van der Waals surface area contributed by atoms with Crippen LogP contribution >= 0.6 is 11.8 Å². The molecule has 1 amide bonds. The fourth-order valence-electron chi connectivity index (χ4n) is 2.89. The third kappa shape index (κ3) is 1.91. The predicted octanol–water partition coefficient (Wildman–Crippen LogP) is 0.553. The summed E-state index contributed by atoms with van der Waals surface area (Å²) in [4.78, 5) is 31.3. The van der Waals surface area contributed by atoms with E-state index in [-0.39, 0.29) is 17.0 Å². The molecule has 0 saturated carbocycles. The number of hydrogen-bond donors (Lipinski definition) is 1. The molecule has 8 heteroatoms. The number of carbonyl (C=O) groups excluding carboxylic acids is 1. The van der Waals surface area contributed by atoms with Crippen molar-refractivity contribution in [2.75, 3.05) is 13.6 Å². The zero-order chi connectivity index (χ0) is 15.4. The molecule has 0 aliphatic carbocycles. The number of hydrogen-bond acceptors (Lipinski definition) is 5. The first-order valence-corrected chi connectivity index (χ1v) is 7.87. The zero-order valence-corrected chi connectivity index (χ0v) is 12.7. The van der Waals surface area contributed by atoms with Crippen LogP contribution in [0.5, 0.6) is 0 Å². The van der Waals surface area contributed by atoms with Gasteiger partial charge in [-0.05, 0) is 13.1 Å². The first kappa shape index (κ1) is 13.6. The number of imidazole rings is 1. The van der Waals surface area contributed by atoms with Crippen LogP contribution in [-0.4, -0.2) is 55.3 Å². The molecule has 0 radical (unpaired) electrons. The molecule has 4 heterocycles. The number of carboxylic acid groups (broad SMARTS) is 1. The SMILES string of the molecule is CN1CCn2cc(C=C3C(=O)N4C(C(=O)O)=CS[C@H]34)nc2C1. The maximum Gasteiger partial charge on any atom is 0.353 e. The fraction of sp³-hybridized carbons (Fsp3) is 0.357. The van der Waals surface area contributed by atoms with Gasteiger partial charge in [-0.15, -0.1) is 11.8 Å². The summed E-state index contributed by atoms with van der Waals surface area (Å²) in [5.41, 5.74) is 1.43. The van der Waals surface area contributed by atoms with Gasteiger partial charge in [-0.1, -0.05) is 0 Å². The number of rotatable bonds is 2. The molecule has 3 aliphatic heterocycles. The van der Waals surface area contributed by atoms with E-state index in [0.29, 0.717) is 5.57 Å². The third-order valence-electron chi connectivity index (χ3n) is 4.07. The van der Waals surface area contributed by atoms with Crippen molar-refractivity contribution in [1.29, 1.82) is 0 Å². The number of thioether (sulfide) groups is 1. The summed E-state index contributed by atoms with van der Waals surface area (Å²) < 4.78 is 2.11. The lowest BCUT2D eigenvalue weighted by atomic mass is 10.0. The Morgan fingerprint density at radius 1 is 1.50 bits per heavy atom. The molecule has 0 spiro atoms. The van der Waals surface area contributed by atoms with Gasteiger partial charge >= 0.3 is 5.97 Å². The number of fused-ring (bicyclic) bond motifs is 2. The molecule has 22 heavy (non-hydrogen) atoms. The van der Waals surface area contributed by atoms with Crippen molar-refractivity contribution in [3.05, 3.63) is 34.4 Å². The Balaban J connectivity index is 1.59. The van der Waals surface area contributed by atoms with E-state index in [1.165, 1.54) is 22.1 Å². The Morgan fingerprint density at radius 2 is 2.32 bits per heavy atom. The Morgan fingerprint density at radius 3 is 3.09 bits per heavy atom. The molecule has 1 fully saturated rings. The first-order chi connectivity index (χ1) is 10.5. The van der Waals surface area contributed by atoms with Gasteiger partial charge in [-0.25, -0.2) is 9.78 Å². The smallest absolute Gasteiger partial charge is 0.353 e. The molecule has 1 aromatic rings. The van der Waals surface area contributed by atoms with Gasteiger partial charge in [0.1, 0.15) is 16.9 Å². The maximum atomic E-state index is 12.2. The van der Waals surface area contributed by atoms with E-state index in [2.05, 4.69) is 21.5 Å². The van der Waals surface area contributed by atoms with Crippen LogP contribution < -0.4 is 0 Å². The maximum absolute atomic E-state index is 12.2. The molecule has 1 atom stereocenters. The van der Waals surface area contributed by atoms with Crippen LogP contribution in [0.4, 0.5) is 0 Å². The standard InChI is InChI=1S/C14H14N4O3S/c1-16-2-3-17-5-8(15-11(17)6-16)4-9-12(19)18-10(14(20)21)7-22-13(9)18/h4-5,7,13H,2-3,6H2,1H3,(H,20,21)/t13-/m1/s1. The number of aliphatic carboxylic acids is 1. The lowest BCUT2D eigenvalue weighted by Gasteiger charge is -2.36. The highest BCUT2D eigenvalue weighted by Gasteiger charge is 2.49. The highest BCUT2D eigenvalue weighted by molar-refractivity contribution is 8.03. The summed E-state index contributed by atoms with van der Waals surface area (Å²) >= 11 is 1.35. The number of β-lactam (4-membered cyclic amide) rings is 1. The van der Waals surface area contributed by atoms with Crippen LogP contribution in [0.2, 0.25) is 0 Å². The second-order valence-corrected chi connectivity index (χ2v) is 6.54. The van der Waals surface area contributed by atoms with Crippen molar-refractivity contribution in [1.82, 2.24) is 19.4 Å². The Bertz CT molecular complexity index is 751. The Kier molecular flexibility index (Phi) is 2.92. The van der Waals surface area contributed by atoms with Crippen LogP contribution in [0.1, 0.15) is 11.5 Å². The van der Waals surface area contributed by atoms with Crippen molar-refractivity contribution in [2.24, 2.45) is 0 Å². The van der Waals surface area contributed by atoms with Gasteiger partial charge in [0.2, 0.25) is 0 Å². The molecular formula is C14H14N4O3S. The largest absolute Gasteiger partial charge is 0.477 e. The highest BCUT2D eigenvalue weighted by atomic mass is 32.2. The van der Waals surface area contributed by atoms with Gasteiger partial charge in [0.25, 0.3) is 5.91 Å². The van der Waals surface area contributed by atoms with Crippen molar-refractivity contribution >= 4 is 29.7 Å². The van der Waals surface area contributed by atoms with Crippen molar-refractivity contribution < 1.29 is 14.7 Å². The van der Waals surface area contributed by atoms with Gasteiger partial charge in [0.05, 0.1) is 17.8 Å². The topological polar surface area (TPSA) is 78.7 Å². The minimum atomic E-state index is -1.07. The average molecular weight is 318 g/mol. The van der Waals surface area contributed by atoms with E-state index in [1.807, 2.05) is 6.20 Å². The summed E-state index contributed by atoms with van der Waals surface area (Å²) in [5, 5.41) is 10.4. The second kappa shape index (κ2) is 4.72. The summed E-state index contributed by atoms with van der Waals surface area (Å²) in [5.74, 6) is -0.317. The summed E-state index contributed by atoms with van der Waals surface area (Å²) in [6.07, 6.45) is 3.73. The fourth-order valence-corrected chi connectivity index (χ4v) is 4.01. The normalized spacial score (nSPS) is 25.8. The van der Waals surface area contributed by atoms with Gasteiger partial charge in [0, 0.05) is 24.7 Å². The molecule has 114 valence electrons. The Labute approximate surface area is 130 Å². The number of carbonyl (C=O) groups is 2. The number of aromatic nitrogens is 2. The molecule has 0 unspecified atom stereocenters. The van der Waals surface area contributed by atoms with Crippen molar-refractivity contribution in [2.45, 2.75) is 18.5 Å². The average Bonchev–Trinajstić information content (AvgIpc) is 3.05. The summed E-state index contributed by atoms with van der Waals surface area (Å²) in [6, 6.07) is 0.